The summed E-state index contributed by atoms with van der Waals surface area (Å²) in [6.45, 7) is 4.08. The number of nitrogens with zero attached hydrogens (tertiary/aromatic N) is 4. The molecule has 0 amide bonds. The molecule has 8 heteroatoms. The molecule has 0 aliphatic rings. The van der Waals surface area contributed by atoms with Crippen LogP contribution in [0.1, 0.15) is 23.6 Å². The van der Waals surface area contributed by atoms with Crippen molar-refractivity contribution in [2.75, 3.05) is 0 Å². The van der Waals surface area contributed by atoms with Gasteiger partial charge in [-0.05, 0) is 49.7 Å². The quantitative estimate of drug-likeness (QED) is 0.305. The lowest BCUT2D eigenvalue weighted by Gasteiger charge is -2.14. The van der Waals surface area contributed by atoms with Crippen LogP contribution in [0.4, 0.5) is 0 Å². The summed E-state index contributed by atoms with van der Waals surface area (Å²) in [5.74, 6) is 1.36. The number of para-hydroxylation sites is 2. The lowest BCUT2D eigenvalue weighted by molar-refractivity contribution is 0.862. The van der Waals surface area contributed by atoms with Crippen molar-refractivity contribution >= 4 is 33.6 Å². The number of hydrogen-bond acceptors (Lipinski definition) is 5. The number of aromatic nitrogens is 6. The fourth-order valence-electron chi connectivity index (χ4n) is 4.29. The number of thioether (sulfide) groups is 1. The minimum Gasteiger partial charge on any atom is -0.360 e. The van der Waals surface area contributed by atoms with Crippen molar-refractivity contribution in [3.05, 3.63) is 101 Å². The van der Waals surface area contributed by atoms with Crippen molar-refractivity contribution in [3.63, 3.8) is 0 Å². The minimum atomic E-state index is -0.157. The van der Waals surface area contributed by atoms with Crippen molar-refractivity contribution < 1.29 is 0 Å². The van der Waals surface area contributed by atoms with Gasteiger partial charge < -0.3 is 9.97 Å². The summed E-state index contributed by atoms with van der Waals surface area (Å²) in [4.78, 5) is 23.6. The molecular weight excluding hydrogens is 456 g/mol. The van der Waals surface area contributed by atoms with Crippen LogP contribution < -0.4 is 5.56 Å². The Hall–Kier alpha value is -4.17. The highest BCUT2D eigenvalue weighted by Crippen LogP contribution is 2.37. The Balaban J connectivity index is 1.47. The van der Waals surface area contributed by atoms with Crippen LogP contribution in [-0.4, -0.2) is 29.7 Å². The number of H-pyrrole nitrogens is 2. The predicted octanol–water partition coefficient (Wildman–Crippen LogP) is 5.81. The molecule has 0 bridgehead atoms. The first kappa shape index (κ1) is 21.4. The fraction of sp³-hybridized carbons (Fsp3) is 0.111. The molecule has 0 unspecified atom stereocenters. The Labute approximate surface area is 205 Å². The summed E-state index contributed by atoms with van der Waals surface area (Å²) in [5.41, 5.74) is 4.68. The van der Waals surface area contributed by atoms with Crippen LogP contribution in [0.3, 0.4) is 0 Å². The van der Waals surface area contributed by atoms with Gasteiger partial charge in [0.05, 0.1) is 16.2 Å². The van der Waals surface area contributed by atoms with E-state index in [1.807, 2.05) is 55.6 Å². The molecule has 3 heterocycles. The lowest BCUT2D eigenvalue weighted by Crippen LogP contribution is -2.13. The third-order valence-electron chi connectivity index (χ3n) is 6.02. The number of fused-ring (bicyclic) bond motifs is 2. The van der Waals surface area contributed by atoms with E-state index in [-0.39, 0.29) is 10.8 Å². The summed E-state index contributed by atoms with van der Waals surface area (Å²) >= 11 is 1.51. The van der Waals surface area contributed by atoms with Gasteiger partial charge in [-0.3, -0.25) is 9.36 Å². The molecule has 1 atom stereocenters. The number of aryl methyl sites for hydroxylation is 1. The normalized spacial score (nSPS) is 12.4. The van der Waals surface area contributed by atoms with E-state index in [2.05, 4.69) is 55.9 Å². The molecule has 35 heavy (non-hydrogen) atoms. The van der Waals surface area contributed by atoms with E-state index in [1.54, 1.807) is 6.07 Å². The molecule has 0 radical (unpaired) electrons. The first-order chi connectivity index (χ1) is 17.1. The Bertz CT molecular complexity index is 1750. The first-order valence-corrected chi connectivity index (χ1v) is 12.2. The molecule has 6 aromatic rings. The number of hydrogen-bond donors (Lipinski definition) is 2. The van der Waals surface area contributed by atoms with Gasteiger partial charge in [-0.25, -0.2) is 4.98 Å². The van der Waals surface area contributed by atoms with E-state index in [4.69, 9.17) is 4.98 Å². The Morgan fingerprint density at radius 1 is 0.943 bits per heavy atom. The van der Waals surface area contributed by atoms with E-state index in [1.165, 1.54) is 11.8 Å². The summed E-state index contributed by atoms with van der Waals surface area (Å²) < 4.78 is 2.07. The van der Waals surface area contributed by atoms with E-state index >= 15 is 0 Å². The number of nitrogens with one attached hydrogen (secondary N) is 2. The second-order valence-corrected chi connectivity index (χ2v) is 9.76. The largest absolute Gasteiger partial charge is 0.360 e. The van der Waals surface area contributed by atoms with Crippen LogP contribution in [0.15, 0.2) is 88.9 Å². The molecular formula is C27H22N6OS. The van der Waals surface area contributed by atoms with Crippen molar-refractivity contribution in [3.8, 4) is 17.1 Å². The van der Waals surface area contributed by atoms with E-state index in [0.29, 0.717) is 16.7 Å². The van der Waals surface area contributed by atoms with Gasteiger partial charge in [-0.15, -0.1) is 10.2 Å². The first-order valence-electron chi connectivity index (χ1n) is 11.3. The highest BCUT2D eigenvalue weighted by molar-refractivity contribution is 7.99. The van der Waals surface area contributed by atoms with Gasteiger partial charge in [0.2, 0.25) is 0 Å². The molecule has 3 aromatic heterocycles. The summed E-state index contributed by atoms with van der Waals surface area (Å²) in [5, 5.41) is 11.4. The molecule has 0 fully saturated rings. The zero-order chi connectivity index (χ0) is 23.9. The van der Waals surface area contributed by atoms with Crippen LogP contribution in [0, 0.1) is 6.92 Å². The Morgan fingerprint density at radius 2 is 1.74 bits per heavy atom. The molecule has 7 nitrogen and oxygen atoms in total. The lowest BCUT2D eigenvalue weighted by atomic mass is 10.1. The summed E-state index contributed by atoms with van der Waals surface area (Å²) in [7, 11) is 0. The molecule has 0 saturated carbocycles. The smallest absolute Gasteiger partial charge is 0.258 e. The zero-order valence-corrected chi connectivity index (χ0v) is 20.0. The van der Waals surface area contributed by atoms with Crippen molar-refractivity contribution in [1.82, 2.24) is 29.7 Å². The van der Waals surface area contributed by atoms with E-state index < -0.39 is 0 Å². The maximum atomic E-state index is 12.6. The molecule has 0 aliphatic heterocycles. The van der Waals surface area contributed by atoms with Crippen molar-refractivity contribution in [1.29, 1.82) is 0 Å². The van der Waals surface area contributed by atoms with Gasteiger partial charge in [0.15, 0.2) is 11.0 Å². The Kier molecular flexibility index (Phi) is 5.22. The average molecular weight is 479 g/mol. The zero-order valence-electron chi connectivity index (χ0n) is 19.2. The van der Waals surface area contributed by atoms with Crippen LogP contribution in [0.25, 0.3) is 38.9 Å². The molecule has 2 N–H and O–H groups in total. The highest BCUT2D eigenvalue weighted by atomic mass is 32.2. The molecule has 0 saturated heterocycles. The Morgan fingerprint density at radius 3 is 2.60 bits per heavy atom. The molecule has 0 aliphatic carbocycles. The second-order valence-electron chi connectivity index (χ2n) is 8.46. The van der Waals surface area contributed by atoms with Crippen LogP contribution in [0.5, 0.6) is 0 Å². The van der Waals surface area contributed by atoms with Crippen LogP contribution >= 0.6 is 11.8 Å². The third-order valence-corrected chi connectivity index (χ3v) is 7.07. The fourth-order valence-corrected chi connectivity index (χ4v) is 5.21. The minimum absolute atomic E-state index is 0.141. The predicted molar refractivity (Wildman–Crippen MR) is 140 cm³/mol. The average Bonchev–Trinajstić information content (AvgIpc) is 3.48. The molecule has 6 rings (SSSR count). The topological polar surface area (TPSA) is 92.2 Å². The SMILES string of the molecule is Cc1cccc(-n2c(S[C@H](C)c3nc4ccccc4c(=O)[nH]3)nnc2-c2c[nH]c3ccccc23)c1. The number of rotatable bonds is 5. The molecule has 0 spiro atoms. The van der Waals surface area contributed by atoms with Gasteiger partial charge in [-0.1, -0.05) is 54.2 Å². The maximum absolute atomic E-state index is 12.6. The molecule has 172 valence electrons. The standard InChI is InChI=1S/C27H22N6OS/c1-16-8-7-9-18(14-16)33-25(21-15-28-22-12-5-3-10-19(21)22)31-32-27(33)35-17(2)24-29-23-13-6-4-11-20(23)26(34)30-24/h3-15,17,28H,1-2H3,(H,29,30,34)/t17-/m1/s1. The van der Waals surface area contributed by atoms with Crippen molar-refractivity contribution in [2.45, 2.75) is 24.3 Å². The highest BCUT2D eigenvalue weighted by Gasteiger charge is 2.22. The summed E-state index contributed by atoms with van der Waals surface area (Å²) in [6, 6.07) is 23.8. The second kappa shape index (κ2) is 8.56. The number of benzene rings is 3. The van der Waals surface area contributed by atoms with Crippen LogP contribution in [0.2, 0.25) is 0 Å². The van der Waals surface area contributed by atoms with Gasteiger partial charge in [0, 0.05) is 28.4 Å². The van der Waals surface area contributed by atoms with E-state index in [9.17, 15) is 4.79 Å². The monoisotopic (exact) mass is 478 g/mol. The van der Waals surface area contributed by atoms with Crippen molar-refractivity contribution in [2.24, 2.45) is 0 Å². The van der Waals surface area contributed by atoms with Gasteiger partial charge in [0.1, 0.15) is 5.82 Å². The number of aromatic amines is 2. The van der Waals surface area contributed by atoms with Crippen LogP contribution in [-0.2, 0) is 0 Å². The van der Waals surface area contributed by atoms with Gasteiger partial charge >= 0.3 is 0 Å². The maximum Gasteiger partial charge on any atom is 0.258 e. The molecule has 3 aromatic carbocycles. The van der Waals surface area contributed by atoms with E-state index in [0.717, 1.165) is 38.7 Å². The van der Waals surface area contributed by atoms with Gasteiger partial charge in [-0.2, -0.15) is 0 Å². The third kappa shape index (κ3) is 3.81. The summed E-state index contributed by atoms with van der Waals surface area (Å²) in [6.07, 6.45) is 1.97. The van der Waals surface area contributed by atoms with Gasteiger partial charge in [0.25, 0.3) is 5.56 Å².